The van der Waals surface area contributed by atoms with Crippen LogP contribution in [0.4, 0.5) is 0 Å². The van der Waals surface area contributed by atoms with Crippen molar-refractivity contribution in [2.75, 3.05) is 40.5 Å². The Balaban J connectivity index is 1.57. The number of ether oxygens (including phenoxy) is 3. The molecule has 1 saturated heterocycles. The van der Waals surface area contributed by atoms with Gasteiger partial charge in [-0.1, -0.05) is 30.3 Å². The maximum atomic E-state index is 10.4. The van der Waals surface area contributed by atoms with Crippen LogP contribution >= 0.6 is 0 Å². The van der Waals surface area contributed by atoms with Crippen molar-refractivity contribution in [2.24, 2.45) is 0 Å². The zero-order valence-corrected chi connectivity index (χ0v) is 18.2. The molecule has 164 valence electrons. The fraction of sp³-hybridized carbons (Fsp3) is 0.360. The van der Waals surface area contributed by atoms with Crippen molar-refractivity contribution in [1.82, 2.24) is 4.90 Å². The smallest absolute Gasteiger partial charge is 0.161 e. The van der Waals surface area contributed by atoms with Crippen LogP contribution in [0.5, 0.6) is 17.2 Å². The number of aliphatic hydroxyl groups excluding tert-OH is 1. The van der Waals surface area contributed by atoms with E-state index in [0.29, 0.717) is 36.9 Å². The molecule has 4 rings (SSSR count). The first-order valence-corrected chi connectivity index (χ1v) is 10.4. The average Bonchev–Trinajstić information content (AvgIpc) is 2.75. The lowest BCUT2D eigenvalue weighted by Gasteiger charge is -2.44. The van der Waals surface area contributed by atoms with Crippen molar-refractivity contribution < 1.29 is 24.4 Å². The van der Waals surface area contributed by atoms with Gasteiger partial charge in [0.2, 0.25) is 0 Å². The summed E-state index contributed by atoms with van der Waals surface area (Å²) in [6, 6.07) is 18.0. The molecule has 1 aliphatic heterocycles. The summed E-state index contributed by atoms with van der Waals surface area (Å²) in [5.41, 5.74) is 1.36. The molecule has 3 aromatic carbocycles. The maximum absolute atomic E-state index is 10.4. The summed E-state index contributed by atoms with van der Waals surface area (Å²) in [6.45, 7) is 3.61. The second-order valence-corrected chi connectivity index (χ2v) is 8.39. The van der Waals surface area contributed by atoms with E-state index < -0.39 is 11.7 Å². The Bertz CT molecular complexity index is 1060. The van der Waals surface area contributed by atoms with Crippen LogP contribution in [-0.2, 0) is 0 Å². The molecule has 0 aliphatic carbocycles. The van der Waals surface area contributed by atoms with E-state index in [1.165, 1.54) is 0 Å². The topological polar surface area (TPSA) is 71.4 Å². The highest BCUT2D eigenvalue weighted by Gasteiger charge is 2.37. The first kappa shape index (κ1) is 21.4. The van der Waals surface area contributed by atoms with Crippen molar-refractivity contribution >= 4 is 10.8 Å². The van der Waals surface area contributed by atoms with Gasteiger partial charge in [-0.2, -0.15) is 0 Å². The van der Waals surface area contributed by atoms with Crippen molar-refractivity contribution in [1.29, 1.82) is 0 Å². The average molecular weight is 424 g/mol. The number of hydrogen-bond donors (Lipinski definition) is 2. The fourth-order valence-electron chi connectivity index (χ4n) is 4.20. The van der Waals surface area contributed by atoms with Crippen LogP contribution in [0.2, 0.25) is 0 Å². The Morgan fingerprint density at radius 3 is 2.45 bits per heavy atom. The molecule has 1 aliphatic rings. The Labute approximate surface area is 182 Å². The zero-order valence-electron chi connectivity index (χ0n) is 18.2. The second-order valence-electron chi connectivity index (χ2n) is 8.39. The molecule has 6 nitrogen and oxygen atoms in total. The van der Waals surface area contributed by atoms with Crippen LogP contribution in [0.25, 0.3) is 21.9 Å². The van der Waals surface area contributed by atoms with Gasteiger partial charge in [0.1, 0.15) is 18.5 Å². The van der Waals surface area contributed by atoms with Crippen molar-refractivity contribution in [3.05, 3.63) is 54.6 Å². The Morgan fingerprint density at radius 1 is 1.00 bits per heavy atom. The van der Waals surface area contributed by atoms with Crippen LogP contribution in [-0.4, -0.2) is 67.3 Å². The van der Waals surface area contributed by atoms with Crippen LogP contribution in [0.15, 0.2) is 54.6 Å². The van der Waals surface area contributed by atoms with E-state index >= 15 is 0 Å². The van der Waals surface area contributed by atoms with Gasteiger partial charge < -0.3 is 24.4 Å². The number of benzene rings is 3. The molecule has 6 heteroatoms. The first-order chi connectivity index (χ1) is 14.9. The van der Waals surface area contributed by atoms with Crippen LogP contribution < -0.4 is 14.2 Å². The number of hydrogen-bond acceptors (Lipinski definition) is 6. The zero-order chi connectivity index (χ0) is 22.0. The van der Waals surface area contributed by atoms with Gasteiger partial charge in [-0.25, -0.2) is 0 Å². The maximum Gasteiger partial charge on any atom is 0.161 e. The van der Waals surface area contributed by atoms with E-state index in [1.807, 2.05) is 53.4 Å². The summed E-state index contributed by atoms with van der Waals surface area (Å²) >= 11 is 0. The van der Waals surface area contributed by atoms with E-state index in [-0.39, 0.29) is 6.61 Å². The lowest BCUT2D eigenvalue weighted by molar-refractivity contribution is -0.0978. The van der Waals surface area contributed by atoms with Gasteiger partial charge in [0.25, 0.3) is 0 Å². The Kier molecular flexibility index (Phi) is 6.05. The van der Waals surface area contributed by atoms with E-state index in [4.69, 9.17) is 14.2 Å². The minimum absolute atomic E-state index is 0.183. The largest absolute Gasteiger partial charge is 0.493 e. The number of likely N-dealkylation sites (tertiary alicyclic amines) is 1. The molecule has 0 aromatic heterocycles. The number of aliphatic hydroxyl groups is 2. The predicted molar refractivity (Wildman–Crippen MR) is 121 cm³/mol. The van der Waals surface area contributed by atoms with Crippen LogP contribution in [0.1, 0.15) is 6.92 Å². The Morgan fingerprint density at radius 2 is 1.74 bits per heavy atom. The molecule has 1 atom stereocenters. The molecule has 0 bridgehead atoms. The van der Waals surface area contributed by atoms with Crippen molar-refractivity contribution in [3.63, 3.8) is 0 Å². The summed E-state index contributed by atoms with van der Waals surface area (Å²) in [5, 5.41) is 22.4. The molecule has 0 radical (unpaired) electrons. The SMILES string of the molecule is COc1ccc(-c2cc(OCC(O)CN3CC(C)(O)C3)cc3ccccc23)cc1OC. The standard InChI is InChI=1S/C25H29NO5/c1-25(28)15-26(16-25)13-19(27)14-31-20-10-17-6-4-5-7-21(17)22(12-20)18-8-9-23(29-2)24(11-18)30-3/h4-12,19,27-28H,13-16H2,1-3H3. The molecule has 1 fully saturated rings. The molecule has 0 amide bonds. The summed E-state index contributed by atoms with van der Waals surface area (Å²) < 4.78 is 16.8. The third-order valence-corrected chi connectivity index (χ3v) is 5.57. The number of methoxy groups -OCH3 is 2. The molecule has 0 saturated carbocycles. The minimum Gasteiger partial charge on any atom is -0.493 e. The van der Waals surface area contributed by atoms with Gasteiger partial charge in [-0.15, -0.1) is 0 Å². The van der Waals surface area contributed by atoms with Gasteiger partial charge in [0, 0.05) is 19.6 Å². The molecule has 0 spiro atoms. The van der Waals surface area contributed by atoms with E-state index in [1.54, 1.807) is 21.1 Å². The molecule has 1 heterocycles. The van der Waals surface area contributed by atoms with Gasteiger partial charge in [0.15, 0.2) is 11.5 Å². The first-order valence-electron chi connectivity index (χ1n) is 10.4. The predicted octanol–water partition coefficient (Wildman–Crippen LogP) is 3.33. The molecule has 1 unspecified atom stereocenters. The summed E-state index contributed by atoms with van der Waals surface area (Å²) in [7, 11) is 3.24. The van der Waals surface area contributed by atoms with Crippen LogP contribution in [0.3, 0.4) is 0 Å². The number of β-amino-alcohol motifs (C(OH)–C–C–N with tert-alkyl or cyclic N) is 2. The van der Waals surface area contributed by atoms with Gasteiger partial charge in [0.05, 0.1) is 19.8 Å². The minimum atomic E-state index is -0.646. The number of nitrogens with zero attached hydrogens (tertiary/aromatic N) is 1. The molecule has 2 N–H and O–H groups in total. The van der Waals surface area contributed by atoms with Gasteiger partial charge >= 0.3 is 0 Å². The third-order valence-electron chi connectivity index (χ3n) is 5.57. The quantitative estimate of drug-likeness (QED) is 0.579. The van der Waals surface area contributed by atoms with Crippen molar-refractivity contribution in [2.45, 2.75) is 18.6 Å². The molecule has 31 heavy (non-hydrogen) atoms. The lowest BCUT2D eigenvalue weighted by Crippen LogP contribution is -2.61. The summed E-state index contributed by atoms with van der Waals surface area (Å²) in [6.07, 6.45) is -0.632. The fourth-order valence-corrected chi connectivity index (χ4v) is 4.20. The van der Waals surface area contributed by atoms with Crippen molar-refractivity contribution in [3.8, 4) is 28.4 Å². The number of fused-ring (bicyclic) bond motifs is 1. The van der Waals surface area contributed by atoms with Crippen LogP contribution in [0, 0.1) is 0 Å². The Hall–Kier alpha value is -2.80. The third kappa shape index (κ3) is 4.77. The van der Waals surface area contributed by atoms with Gasteiger partial charge in [-0.05, 0) is 53.1 Å². The van der Waals surface area contributed by atoms with Gasteiger partial charge in [-0.3, -0.25) is 4.90 Å². The highest BCUT2D eigenvalue weighted by atomic mass is 16.5. The summed E-state index contributed by atoms with van der Waals surface area (Å²) in [5.74, 6) is 2.03. The molecular formula is C25H29NO5. The van der Waals surface area contributed by atoms with E-state index in [2.05, 4.69) is 6.07 Å². The second kappa shape index (κ2) is 8.75. The molecular weight excluding hydrogens is 394 g/mol. The number of rotatable bonds is 8. The van der Waals surface area contributed by atoms with E-state index in [9.17, 15) is 10.2 Å². The normalized spacial score (nSPS) is 16.5. The lowest BCUT2D eigenvalue weighted by atomic mass is 9.96. The highest BCUT2D eigenvalue weighted by molar-refractivity contribution is 5.98. The highest BCUT2D eigenvalue weighted by Crippen LogP contribution is 2.37. The monoisotopic (exact) mass is 423 g/mol. The molecule has 3 aromatic rings. The van der Waals surface area contributed by atoms with E-state index in [0.717, 1.165) is 21.9 Å². The summed E-state index contributed by atoms with van der Waals surface area (Å²) in [4.78, 5) is 2.02.